The molecule has 0 saturated carbocycles. The van der Waals surface area contributed by atoms with Crippen LogP contribution in [0.15, 0.2) is 48.5 Å². The SMILES string of the molecule is COC(CCc1ccc(OC(C)(C)C(=O)O)c(Cl)c1Cl)c1ccc(-c2ccc(C(F)(F)F)cc2)s1. The van der Waals surface area contributed by atoms with Crippen LogP contribution in [-0.2, 0) is 22.1 Å². The van der Waals surface area contributed by atoms with Crippen molar-refractivity contribution < 1.29 is 32.5 Å². The lowest BCUT2D eigenvalue weighted by molar-refractivity contribution is -0.152. The van der Waals surface area contributed by atoms with Gasteiger partial charge >= 0.3 is 12.1 Å². The lowest BCUT2D eigenvalue weighted by Crippen LogP contribution is -2.38. The Kier molecular flexibility index (Phi) is 8.42. The Balaban J connectivity index is 1.71. The number of aryl methyl sites for hydroxylation is 1. The number of alkyl halides is 3. The molecule has 1 atom stereocenters. The van der Waals surface area contributed by atoms with Crippen molar-refractivity contribution in [1.29, 1.82) is 0 Å². The third-order valence-electron chi connectivity index (χ3n) is 5.41. The van der Waals surface area contributed by atoms with Crippen LogP contribution in [0.25, 0.3) is 10.4 Å². The van der Waals surface area contributed by atoms with Gasteiger partial charge in [0.15, 0.2) is 5.60 Å². The number of aliphatic carboxylic acids is 1. The second-order valence-corrected chi connectivity index (χ2v) is 10.2. The average molecular weight is 547 g/mol. The first kappa shape index (κ1) is 27.3. The predicted octanol–water partition coefficient (Wildman–Crippen LogP) is 8.30. The number of carboxylic acids is 1. The molecular formula is C25H23Cl2F3O4S. The number of hydrogen-bond acceptors (Lipinski definition) is 4. The second-order valence-electron chi connectivity index (χ2n) is 8.31. The van der Waals surface area contributed by atoms with Crippen molar-refractivity contribution in [2.24, 2.45) is 0 Å². The summed E-state index contributed by atoms with van der Waals surface area (Å²) in [4.78, 5) is 13.1. The molecule has 0 bridgehead atoms. The zero-order chi connectivity index (χ0) is 26.0. The molecule has 2 aromatic carbocycles. The van der Waals surface area contributed by atoms with Crippen molar-refractivity contribution in [2.45, 2.75) is 44.6 Å². The van der Waals surface area contributed by atoms with Crippen LogP contribution in [0, 0.1) is 0 Å². The summed E-state index contributed by atoms with van der Waals surface area (Å²) in [5.74, 6) is -0.959. The van der Waals surface area contributed by atoms with Gasteiger partial charge in [0.05, 0.1) is 16.7 Å². The summed E-state index contributed by atoms with van der Waals surface area (Å²) in [6.45, 7) is 2.83. The van der Waals surface area contributed by atoms with Gasteiger partial charge in [0.25, 0.3) is 0 Å². The lowest BCUT2D eigenvalue weighted by atomic mass is 10.0. The Morgan fingerprint density at radius 1 is 1.03 bits per heavy atom. The summed E-state index contributed by atoms with van der Waals surface area (Å²) < 4.78 is 49.6. The topological polar surface area (TPSA) is 55.8 Å². The van der Waals surface area contributed by atoms with E-state index in [2.05, 4.69) is 0 Å². The van der Waals surface area contributed by atoms with Crippen LogP contribution in [0.5, 0.6) is 5.75 Å². The van der Waals surface area contributed by atoms with Crippen LogP contribution in [-0.4, -0.2) is 23.8 Å². The standard InChI is InChI=1S/C25H23Cl2F3O4S/c1-24(2,23(31)32)34-18-11-7-15(21(26)22(18)27)6-10-17(33-3)20-13-12-19(35-20)14-4-8-16(9-5-14)25(28,29)30/h4-5,7-9,11-13,17H,6,10H2,1-3H3,(H,31,32). The molecule has 0 spiro atoms. The van der Waals surface area contributed by atoms with Crippen LogP contribution < -0.4 is 4.74 Å². The van der Waals surface area contributed by atoms with Crippen molar-refractivity contribution in [3.8, 4) is 16.2 Å². The highest BCUT2D eigenvalue weighted by Crippen LogP contribution is 2.39. The van der Waals surface area contributed by atoms with E-state index in [1.165, 1.54) is 37.3 Å². The van der Waals surface area contributed by atoms with Crippen molar-refractivity contribution in [3.63, 3.8) is 0 Å². The van der Waals surface area contributed by atoms with E-state index in [4.69, 9.17) is 32.7 Å². The third-order valence-corrected chi connectivity index (χ3v) is 7.54. The maximum atomic E-state index is 12.8. The molecule has 0 fully saturated rings. The van der Waals surface area contributed by atoms with Gasteiger partial charge in [0, 0.05) is 16.9 Å². The molecule has 0 saturated heterocycles. The molecule has 3 rings (SSSR count). The summed E-state index contributed by atoms with van der Waals surface area (Å²) in [5.41, 5.74) is -0.719. The predicted molar refractivity (Wildman–Crippen MR) is 132 cm³/mol. The van der Waals surface area contributed by atoms with Gasteiger partial charge in [-0.25, -0.2) is 4.79 Å². The molecule has 0 aliphatic rings. The van der Waals surface area contributed by atoms with E-state index in [1.54, 1.807) is 19.2 Å². The first-order valence-electron chi connectivity index (χ1n) is 10.5. The maximum Gasteiger partial charge on any atom is 0.416 e. The summed E-state index contributed by atoms with van der Waals surface area (Å²) in [6, 6.07) is 12.1. The fourth-order valence-corrected chi connectivity index (χ4v) is 4.93. The highest BCUT2D eigenvalue weighted by Gasteiger charge is 2.31. The first-order chi connectivity index (χ1) is 16.3. The Labute approximate surface area is 215 Å². The quantitative estimate of drug-likeness (QED) is 0.293. The Morgan fingerprint density at radius 3 is 2.26 bits per heavy atom. The Morgan fingerprint density at radius 2 is 1.69 bits per heavy atom. The molecule has 1 N–H and O–H groups in total. The van der Waals surface area contributed by atoms with Gasteiger partial charge in [0.2, 0.25) is 0 Å². The fourth-order valence-electron chi connectivity index (χ4n) is 3.33. The molecule has 10 heteroatoms. The van der Waals surface area contributed by atoms with E-state index in [0.717, 1.165) is 27.5 Å². The van der Waals surface area contributed by atoms with Gasteiger partial charge in [-0.3, -0.25) is 0 Å². The average Bonchev–Trinajstić information content (AvgIpc) is 3.28. The molecule has 1 aromatic heterocycles. The summed E-state index contributed by atoms with van der Waals surface area (Å²) in [5, 5.41) is 9.67. The van der Waals surface area contributed by atoms with Crippen LogP contribution in [0.2, 0.25) is 10.0 Å². The summed E-state index contributed by atoms with van der Waals surface area (Å²) in [6.07, 6.45) is -3.55. The van der Waals surface area contributed by atoms with Gasteiger partial charge in [-0.1, -0.05) is 41.4 Å². The Hall–Kier alpha value is -2.26. The highest BCUT2D eigenvalue weighted by atomic mass is 35.5. The van der Waals surface area contributed by atoms with Crippen LogP contribution in [0.3, 0.4) is 0 Å². The van der Waals surface area contributed by atoms with Gasteiger partial charge in [-0.05, 0) is 68.1 Å². The third kappa shape index (κ3) is 6.50. The fraction of sp³-hybridized carbons (Fsp3) is 0.320. The molecule has 188 valence electrons. The van der Waals surface area contributed by atoms with Crippen LogP contribution in [0.4, 0.5) is 13.2 Å². The number of thiophene rings is 1. The van der Waals surface area contributed by atoms with E-state index in [0.29, 0.717) is 18.4 Å². The molecule has 0 aliphatic heterocycles. The van der Waals surface area contributed by atoms with Crippen molar-refractivity contribution in [1.82, 2.24) is 0 Å². The minimum Gasteiger partial charge on any atom is -0.478 e. The zero-order valence-electron chi connectivity index (χ0n) is 19.1. The minimum absolute atomic E-state index is 0.133. The number of halogens is 5. The number of carbonyl (C=O) groups is 1. The molecule has 35 heavy (non-hydrogen) atoms. The molecule has 1 unspecified atom stereocenters. The molecule has 3 aromatic rings. The maximum absolute atomic E-state index is 12.8. The monoisotopic (exact) mass is 546 g/mol. The van der Waals surface area contributed by atoms with Crippen LogP contribution in [0.1, 0.15) is 42.4 Å². The minimum atomic E-state index is -4.37. The van der Waals surface area contributed by atoms with E-state index in [1.807, 2.05) is 12.1 Å². The molecule has 0 aliphatic carbocycles. The molecule has 0 radical (unpaired) electrons. The first-order valence-corrected chi connectivity index (χ1v) is 12.1. The van der Waals surface area contributed by atoms with Gasteiger partial charge < -0.3 is 14.6 Å². The summed E-state index contributed by atoms with van der Waals surface area (Å²) >= 11 is 14.2. The van der Waals surface area contributed by atoms with Crippen molar-refractivity contribution in [2.75, 3.05) is 7.11 Å². The molecule has 0 amide bonds. The van der Waals surface area contributed by atoms with Gasteiger partial charge in [0.1, 0.15) is 10.8 Å². The van der Waals surface area contributed by atoms with E-state index in [-0.39, 0.29) is 21.9 Å². The Bertz CT molecular complexity index is 1190. The largest absolute Gasteiger partial charge is 0.478 e. The van der Waals surface area contributed by atoms with E-state index < -0.39 is 23.3 Å². The summed E-state index contributed by atoms with van der Waals surface area (Å²) in [7, 11) is 1.59. The van der Waals surface area contributed by atoms with Crippen molar-refractivity contribution in [3.05, 3.63) is 74.6 Å². The van der Waals surface area contributed by atoms with Crippen molar-refractivity contribution >= 4 is 40.5 Å². The highest BCUT2D eigenvalue weighted by molar-refractivity contribution is 7.15. The van der Waals surface area contributed by atoms with Gasteiger partial charge in [-0.2, -0.15) is 13.2 Å². The number of hydrogen-bond donors (Lipinski definition) is 1. The molecular weight excluding hydrogens is 524 g/mol. The number of rotatable bonds is 9. The van der Waals surface area contributed by atoms with Gasteiger partial charge in [-0.15, -0.1) is 11.3 Å². The lowest BCUT2D eigenvalue weighted by Gasteiger charge is -2.23. The normalized spacial score (nSPS) is 13.0. The number of methoxy groups -OCH3 is 1. The van der Waals surface area contributed by atoms with E-state index >= 15 is 0 Å². The molecule has 1 heterocycles. The number of carboxylic acid groups (broad SMARTS) is 1. The second kappa shape index (κ2) is 10.8. The molecule has 4 nitrogen and oxygen atoms in total. The number of ether oxygens (including phenoxy) is 2. The smallest absolute Gasteiger partial charge is 0.416 e. The number of benzene rings is 2. The van der Waals surface area contributed by atoms with Crippen LogP contribution >= 0.6 is 34.5 Å². The van der Waals surface area contributed by atoms with E-state index in [9.17, 15) is 23.1 Å². The zero-order valence-corrected chi connectivity index (χ0v) is 21.4.